The molecule has 2 aliphatic carbocycles. The van der Waals surface area contributed by atoms with Gasteiger partial charge in [0.25, 0.3) is 0 Å². The number of aromatic nitrogens is 4. The van der Waals surface area contributed by atoms with Gasteiger partial charge in [-0.2, -0.15) is 0 Å². The summed E-state index contributed by atoms with van der Waals surface area (Å²) in [6, 6.07) is 8.50. The molecule has 0 bridgehead atoms. The molecule has 2 heterocycles. The van der Waals surface area contributed by atoms with Crippen LogP contribution in [-0.2, 0) is 16.6 Å². The van der Waals surface area contributed by atoms with Crippen LogP contribution in [0.1, 0.15) is 50.3 Å². The lowest BCUT2D eigenvalue weighted by molar-refractivity contribution is -0.128. The number of imidazole rings is 1. The molecule has 0 saturated heterocycles. The van der Waals surface area contributed by atoms with Gasteiger partial charge in [-0.3, -0.25) is 4.79 Å². The van der Waals surface area contributed by atoms with Crippen molar-refractivity contribution >= 4 is 5.78 Å². The topological polar surface area (TPSA) is 60.7 Å². The molecule has 0 amide bonds. The summed E-state index contributed by atoms with van der Waals surface area (Å²) in [7, 11) is 0. The van der Waals surface area contributed by atoms with Crippen LogP contribution in [0.15, 0.2) is 43.0 Å². The number of nitrogens with zero attached hydrogens (tertiary/aromatic N) is 4. The molecule has 0 aliphatic heterocycles. The molecule has 1 saturated carbocycles. The predicted molar refractivity (Wildman–Crippen MR) is 112 cm³/mol. The van der Waals surface area contributed by atoms with Crippen molar-refractivity contribution in [1.82, 2.24) is 19.5 Å². The lowest BCUT2D eigenvalue weighted by Gasteiger charge is -2.46. The third-order valence-corrected chi connectivity index (χ3v) is 7.19. The van der Waals surface area contributed by atoms with E-state index in [1.54, 1.807) is 6.33 Å². The van der Waals surface area contributed by atoms with Gasteiger partial charge in [0.15, 0.2) is 0 Å². The first-order valence-electron chi connectivity index (χ1n) is 10.5. The molecule has 29 heavy (non-hydrogen) atoms. The highest BCUT2D eigenvalue weighted by molar-refractivity contribution is 5.82. The third kappa shape index (κ3) is 2.75. The van der Waals surface area contributed by atoms with Gasteiger partial charge >= 0.3 is 0 Å². The number of rotatable bonds is 2. The van der Waals surface area contributed by atoms with Crippen molar-refractivity contribution in [3.63, 3.8) is 0 Å². The fourth-order valence-corrected chi connectivity index (χ4v) is 5.61. The lowest BCUT2D eigenvalue weighted by atomic mass is 9.57. The van der Waals surface area contributed by atoms with Gasteiger partial charge in [-0.05, 0) is 49.8 Å². The largest absolute Gasteiger partial charge is 0.301 e. The molecule has 0 N–H and O–H groups in total. The first kappa shape index (κ1) is 18.2. The zero-order valence-corrected chi connectivity index (χ0v) is 17.2. The van der Waals surface area contributed by atoms with Crippen molar-refractivity contribution in [3.8, 4) is 16.8 Å². The molecule has 1 fully saturated rings. The number of carbonyl (C=O) groups excluding carboxylic acids is 1. The molecular formula is C24H26N4O. The minimum Gasteiger partial charge on any atom is -0.301 e. The Morgan fingerprint density at radius 3 is 2.72 bits per heavy atom. The van der Waals surface area contributed by atoms with Crippen LogP contribution in [0.2, 0.25) is 0 Å². The average molecular weight is 386 g/mol. The number of fused-ring (bicyclic) bond motifs is 3. The molecule has 2 aromatic heterocycles. The molecule has 5 heteroatoms. The summed E-state index contributed by atoms with van der Waals surface area (Å²) in [6.07, 6.45) is 8.83. The Morgan fingerprint density at radius 2 is 1.93 bits per heavy atom. The zero-order valence-electron chi connectivity index (χ0n) is 17.2. The van der Waals surface area contributed by atoms with Gasteiger partial charge < -0.3 is 4.57 Å². The second kappa shape index (κ2) is 6.61. The SMILES string of the molecule is Cc1nc2c(n1-c1cccc(-c3cncnc3)c1)CC[C@H]1[C@H](C)C(=O)CC[C@]21C. The highest BCUT2D eigenvalue weighted by Gasteiger charge is 2.50. The Bertz CT molecular complexity index is 1090. The minimum atomic E-state index is -0.0121. The summed E-state index contributed by atoms with van der Waals surface area (Å²) >= 11 is 0. The van der Waals surface area contributed by atoms with Gasteiger partial charge in [-0.1, -0.05) is 26.0 Å². The molecule has 3 atom stereocenters. The lowest BCUT2D eigenvalue weighted by Crippen LogP contribution is -2.47. The van der Waals surface area contributed by atoms with E-state index < -0.39 is 0 Å². The Hall–Kier alpha value is -2.82. The van der Waals surface area contributed by atoms with E-state index in [9.17, 15) is 4.79 Å². The molecule has 0 unspecified atom stereocenters. The van der Waals surface area contributed by atoms with Crippen LogP contribution in [0, 0.1) is 18.8 Å². The van der Waals surface area contributed by atoms with Crippen molar-refractivity contribution in [2.24, 2.45) is 11.8 Å². The fourth-order valence-electron chi connectivity index (χ4n) is 5.61. The second-order valence-corrected chi connectivity index (χ2v) is 8.78. The molecule has 3 aromatic rings. The highest BCUT2D eigenvalue weighted by atomic mass is 16.1. The first-order chi connectivity index (χ1) is 14.0. The van der Waals surface area contributed by atoms with E-state index in [0.29, 0.717) is 18.1 Å². The van der Waals surface area contributed by atoms with Crippen molar-refractivity contribution in [2.45, 2.75) is 51.9 Å². The smallest absolute Gasteiger partial charge is 0.136 e. The Morgan fingerprint density at radius 1 is 1.14 bits per heavy atom. The predicted octanol–water partition coefficient (Wildman–Crippen LogP) is 4.46. The maximum absolute atomic E-state index is 12.3. The molecule has 1 aromatic carbocycles. The fraction of sp³-hybridized carbons (Fsp3) is 0.417. The summed E-state index contributed by atoms with van der Waals surface area (Å²) in [5.41, 5.74) is 5.74. The number of carbonyl (C=O) groups is 1. The quantitative estimate of drug-likeness (QED) is 0.652. The van der Waals surface area contributed by atoms with Gasteiger partial charge in [0.2, 0.25) is 0 Å². The van der Waals surface area contributed by atoms with Gasteiger partial charge in [-0.15, -0.1) is 0 Å². The van der Waals surface area contributed by atoms with Gasteiger partial charge in [0, 0.05) is 47.1 Å². The van der Waals surface area contributed by atoms with Gasteiger partial charge in [0.05, 0.1) is 5.69 Å². The maximum Gasteiger partial charge on any atom is 0.136 e. The molecule has 0 spiro atoms. The van der Waals surface area contributed by atoms with Crippen LogP contribution >= 0.6 is 0 Å². The van der Waals surface area contributed by atoms with Crippen LogP contribution in [-0.4, -0.2) is 25.3 Å². The summed E-state index contributed by atoms with van der Waals surface area (Å²) in [4.78, 5) is 25.7. The number of aryl methyl sites for hydroxylation is 1. The number of ketones is 1. The standard InChI is InChI=1S/C24H26N4O/c1-15-20-7-8-21-23(24(20,3)10-9-22(15)29)27-16(2)28(21)19-6-4-5-17(11-19)18-12-25-14-26-13-18/h4-6,11-15,20H,7-10H2,1-3H3/t15-,20-,24-/m0/s1. The average Bonchev–Trinajstić information content (AvgIpc) is 3.09. The van der Waals surface area contributed by atoms with E-state index in [-0.39, 0.29) is 11.3 Å². The second-order valence-electron chi connectivity index (χ2n) is 8.78. The molecule has 5 nitrogen and oxygen atoms in total. The number of hydrogen-bond acceptors (Lipinski definition) is 4. The van der Waals surface area contributed by atoms with Gasteiger partial charge in [0.1, 0.15) is 17.9 Å². The van der Waals surface area contributed by atoms with E-state index in [1.165, 1.54) is 11.4 Å². The minimum absolute atomic E-state index is 0.0121. The van der Waals surface area contributed by atoms with Crippen LogP contribution in [0.5, 0.6) is 0 Å². The molecule has 5 rings (SSSR count). The van der Waals surface area contributed by atoms with Crippen LogP contribution < -0.4 is 0 Å². The number of Topliss-reactive ketones (excluding diaryl/α,β-unsaturated/α-hetero) is 1. The summed E-state index contributed by atoms with van der Waals surface area (Å²) < 4.78 is 2.31. The van der Waals surface area contributed by atoms with E-state index in [1.807, 2.05) is 12.4 Å². The third-order valence-electron chi connectivity index (χ3n) is 7.19. The van der Waals surface area contributed by atoms with Crippen molar-refractivity contribution in [1.29, 1.82) is 0 Å². The summed E-state index contributed by atoms with van der Waals surface area (Å²) in [5, 5.41) is 0. The van der Waals surface area contributed by atoms with Crippen LogP contribution in [0.4, 0.5) is 0 Å². The van der Waals surface area contributed by atoms with Crippen molar-refractivity contribution in [3.05, 3.63) is 60.2 Å². The van der Waals surface area contributed by atoms with Crippen LogP contribution in [0.3, 0.4) is 0 Å². The highest BCUT2D eigenvalue weighted by Crippen LogP contribution is 2.51. The molecule has 148 valence electrons. The molecule has 2 aliphatic rings. The van der Waals surface area contributed by atoms with E-state index in [0.717, 1.165) is 41.9 Å². The zero-order chi connectivity index (χ0) is 20.2. The van der Waals surface area contributed by atoms with E-state index >= 15 is 0 Å². The van der Waals surface area contributed by atoms with Crippen molar-refractivity contribution < 1.29 is 4.79 Å². The van der Waals surface area contributed by atoms with E-state index in [4.69, 9.17) is 4.98 Å². The molecule has 0 radical (unpaired) electrons. The summed E-state index contributed by atoms with van der Waals surface area (Å²) in [6.45, 7) is 6.53. The number of benzene rings is 1. The number of hydrogen-bond donors (Lipinski definition) is 0. The first-order valence-corrected chi connectivity index (χ1v) is 10.5. The maximum atomic E-state index is 12.3. The normalized spacial score (nSPS) is 26.1. The monoisotopic (exact) mass is 386 g/mol. The Balaban J connectivity index is 1.61. The Labute approximate surface area is 171 Å². The van der Waals surface area contributed by atoms with E-state index in [2.05, 4.69) is 59.6 Å². The van der Waals surface area contributed by atoms with Crippen molar-refractivity contribution in [2.75, 3.05) is 0 Å². The van der Waals surface area contributed by atoms with Crippen LogP contribution in [0.25, 0.3) is 16.8 Å². The Kier molecular flexibility index (Phi) is 4.16. The molecular weight excluding hydrogens is 360 g/mol. The summed E-state index contributed by atoms with van der Waals surface area (Å²) in [5.74, 6) is 1.97. The van der Waals surface area contributed by atoms with Gasteiger partial charge in [-0.25, -0.2) is 15.0 Å².